The minimum absolute atomic E-state index is 0.0165. The van der Waals surface area contributed by atoms with Crippen molar-refractivity contribution in [2.24, 2.45) is 5.92 Å². The molecule has 0 spiro atoms. The van der Waals surface area contributed by atoms with Gasteiger partial charge in [0.05, 0.1) is 17.0 Å². The van der Waals surface area contributed by atoms with Gasteiger partial charge in [-0.15, -0.1) is 22.9 Å². The first-order valence-electron chi connectivity index (χ1n) is 4.73. The molecule has 0 N–H and O–H groups in total. The maximum atomic E-state index is 6.38. The van der Waals surface area contributed by atoms with Crippen LogP contribution in [0.2, 0.25) is 5.02 Å². The van der Waals surface area contributed by atoms with E-state index in [1.54, 1.807) is 11.3 Å². The third-order valence-electron chi connectivity index (χ3n) is 2.50. The lowest BCUT2D eigenvalue weighted by atomic mass is 9.97. The van der Waals surface area contributed by atoms with Gasteiger partial charge in [-0.2, -0.15) is 0 Å². The molecule has 2 rings (SSSR count). The molecule has 1 aromatic heterocycles. The second-order valence-electron chi connectivity index (χ2n) is 3.51. The number of thiophene rings is 1. The average molecular weight is 251 g/mol. The fraction of sp³-hybridized carbons (Fsp3) is 0.600. The van der Waals surface area contributed by atoms with Crippen LogP contribution in [-0.2, 0) is 4.74 Å². The van der Waals surface area contributed by atoms with Crippen LogP contribution in [0.3, 0.4) is 0 Å². The first kappa shape index (κ1) is 10.7. The van der Waals surface area contributed by atoms with E-state index in [0.717, 1.165) is 36.0 Å². The fourth-order valence-electron chi connectivity index (χ4n) is 1.71. The van der Waals surface area contributed by atoms with Crippen molar-refractivity contribution in [2.45, 2.75) is 18.2 Å². The lowest BCUT2D eigenvalue weighted by Gasteiger charge is -2.25. The van der Waals surface area contributed by atoms with Crippen LogP contribution >= 0.6 is 34.5 Å². The Morgan fingerprint density at radius 3 is 3.00 bits per heavy atom. The Bertz CT molecular complexity index is 294. The second-order valence-corrected chi connectivity index (χ2v) is 5.34. The van der Waals surface area contributed by atoms with Crippen molar-refractivity contribution >= 4 is 34.5 Å². The highest BCUT2D eigenvalue weighted by molar-refractivity contribution is 7.11. The van der Waals surface area contributed by atoms with Gasteiger partial charge in [-0.3, -0.25) is 0 Å². The van der Waals surface area contributed by atoms with Crippen molar-refractivity contribution in [3.63, 3.8) is 0 Å². The van der Waals surface area contributed by atoms with Crippen molar-refractivity contribution in [3.05, 3.63) is 21.3 Å². The van der Waals surface area contributed by atoms with Gasteiger partial charge in [-0.05, 0) is 24.3 Å². The van der Waals surface area contributed by atoms with Crippen molar-refractivity contribution in [3.8, 4) is 0 Å². The van der Waals surface area contributed by atoms with E-state index in [4.69, 9.17) is 27.9 Å². The van der Waals surface area contributed by atoms with Crippen LogP contribution < -0.4 is 0 Å². The standard InChI is InChI=1S/C10H12Cl2OS/c11-8-3-5-14-10(8)9(12)7-2-1-4-13-6-7/h3,5,7,9H,1-2,4,6H2. The number of hydrogen-bond donors (Lipinski definition) is 0. The quantitative estimate of drug-likeness (QED) is 0.719. The van der Waals surface area contributed by atoms with Crippen molar-refractivity contribution in [2.75, 3.05) is 13.2 Å². The van der Waals surface area contributed by atoms with Crippen molar-refractivity contribution in [1.82, 2.24) is 0 Å². The summed E-state index contributed by atoms with van der Waals surface area (Å²) in [5, 5.41) is 2.79. The van der Waals surface area contributed by atoms with Crippen molar-refractivity contribution in [1.29, 1.82) is 0 Å². The van der Waals surface area contributed by atoms with Gasteiger partial charge in [0.15, 0.2) is 0 Å². The van der Waals surface area contributed by atoms with Crippen LogP contribution in [-0.4, -0.2) is 13.2 Å². The minimum Gasteiger partial charge on any atom is -0.381 e. The minimum atomic E-state index is 0.0165. The monoisotopic (exact) mass is 250 g/mol. The van der Waals surface area contributed by atoms with Gasteiger partial charge in [0.25, 0.3) is 0 Å². The highest BCUT2D eigenvalue weighted by atomic mass is 35.5. The summed E-state index contributed by atoms with van der Waals surface area (Å²) in [6.07, 6.45) is 2.25. The molecule has 2 unspecified atom stereocenters. The predicted molar refractivity (Wildman–Crippen MR) is 61.5 cm³/mol. The lowest BCUT2D eigenvalue weighted by Crippen LogP contribution is -2.20. The smallest absolute Gasteiger partial charge is 0.0743 e. The van der Waals surface area contributed by atoms with Gasteiger partial charge in [-0.1, -0.05) is 11.6 Å². The Labute approximate surface area is 98.0 Å². The third kappa shape index (κ3) is 2.25. The predicted octanol–water partition coefficient (Wildman–Crippen LogP) is 4.11. The van der Waals surface area contributed by atoms with Crippen LogP contribution in [0.4, 0.5) is 0 Å². The molecule has 0 amide bonds. The van der Waals surface area contributed by atoms with Crippen LogP contribution in [0.15, 0.2) is 11.4 Å². The Morgan fingerprint density at radius 1 is 1.57 bits per heavy atom. The molecule has 0 aromatic carbocycles. The van der Waals surface area contributed by atoms with E-state index in [2.05, 4.69) is 0 Å². The molecule has 1 aliphatic heterocycles. The number of hydrogen-bond acceptors (Lipinski definition) is 2. The maximum absolute atomic E-state index is 6.38. The molecule has 2 atom stereocenters. The molecule has 0 saturated carbocycles. The molecule has 2 heterocycles. The number of alkyl halides is 1. The molecule has 1 nitrogen and oxygen atoms in total. The highest BCUT2D eigenvalue weighted by Gasteiger charge is 2.26. The molecule has 1 aromatic rings. The number of halogens is 2. The van der Waals surface area contributed by atoms with E-state index in [1.807, 2.05) is 11.4 Å². The molecule has 1 fully saturated rings. The SMILES string of the molecule is Clc1ccsc1C(Cl)C1CCCOC1. The van der Waals surface area contributed by atoms with Crippen LogP contribution in [0.5, 0.6) is 0 Å². The Morgan fingerprint density at radius 2 is 2.43 bits per heavy atom. The maximum Gasteiger partial charge on any atom is 0.0743 e. The summed E-state index contributed by atoms with van der Waals surface area (Å²) < 4.78 is 5.42. The summed E-state index contributed by atoms with van der Waals surface area (Å²) in [7, 11) is 0. The van der Waals surface area contributed by atoms with Crippen LogP contribution in [0, 0.1) is 5.92 Å². The van der Waals surface area contributed by atoms with Gasteiger partial charge >= 0.3 is 0 Å². The zero-order valence-electron chi connectivity index (χ0n) is 7.71. The van der Waals surface area contributed by atoms with E-state index < -0.39 is 0 Å². The molecule has 1 aliphatic rings. The molecule has 0 bridgehead atoms. The average Bonchev–Trinajstić information content (AvgIpc) is 2.65. The van der Waals surface area contributed by atoms with Gasteiger partial charge in [0, 0.05) is 17.4 Å². The summed E-state index contributed by atoms with van der Waals surface area (Å²) in [5.74, 6) is 0.418. The normalized spacial score (nSPS) is 24.9. The summed E-state index contributed by atoms with van der Waals surface area (Å²) in [5.41, 5.74) is 0. The molecule has 14 heavy (non-hydrogen) atoms. The van der Waals surface area contributed by atoms with E-state index in [-0.39, 0.29) is 5.38 Å². The number of ether oxygens (including phenoxy) is 1. The summed E-state index contributed by atoms with van der Waals surface area (Å²) in [6, 6.07) is 1.90. The highest BCUT2D eigenvalue weighted by Crippen LogP contribution is 2.40. The summed E-state index contributed by atoms with van der Waals surface area (Å²) >= 11 is 14.0. The fourth-order valence-corrected chi connectivity index (χ4v) is 3.48. The van der Waals surface area contributed by atoms with Gasteiger partial charge in [0.2, 0.25) is 0 Å². The number of rotatable bonds is 2. The first-order valence-corrected chi connectivity index (χ1v) is 6.43. The van der Waals surface area contributed by atoms with E-state index >= 15 is 0 Å². The van der Waals surface area contributed by atoms with Crippen molar-refractivity contribution < 1.29 is 4.74 Å². The zero-order chi connectivity index (χ0) is 9.97. The molecule has 78 valence electrons. The van der Waals surface area contributed by atoms with Gasteiger partial charge < -0.3 is 4.74 Å². The van der Waals surface area contributed by atoms with E-state index in [0.29, 0.717) is 5.92 Å². The molecular weight excluding hydrogens is 239 g/mol. The molecule has 0 radical (unpaired) electrons. The lowest BCUT2D eigenvalue weighted by molar-refractivity contribution is 0.0535. The van der Waals surface area contributed by atoms with Crippen LogP contribution in [0.25, 0.3) is 0 Å². The molecular formula is C10H12Cl2OS. The zero-order valence-corrected chi connectivity index (χ0v) is 10.0. The molecule has 1 saturated heterocycles. The van der Waals surface area contributed by atoms with Gasteiger partial charge in [-0.25, -0.2) is 0 Å². The first-order chi connectivity index (χ1) is 6.79. The van der Waals surface area contributed by atoms with E-state index in [1.165, 1.54) is 0 Å². The third-order valence-corrected chi connectivity index (χ3v) is 4.65. The van der Waals surface area contributed by atoms with E-state index in [9.17, 15) is 0 Å². The summed E-state index contributed by atoms with van der Waals surface area (Å²) in [4.78, 5) is 1.09. The largest absolute Gasteiger partial charge is 0.381 e. The Kier molecular flexibility index (Phi) is 3.72. The van der Waals surface area contributed by atoms with Crippen LogP contribution in [0.1, 0.15) is 23.1 Å². The molecule has 0 aliphatic carbocycles. The van der Waals surface area contributed by atoms with Gasteiger partial charge in [0.1, 0.15) is 0 Å². The Hall–Kier alpha value is 0.240. The molecule has 4 heteroatoms. The topological polar surface area (TPSA) is 9.23 Å². The Balaban J connectivity index is 2.07. The summed E-state index contributed by atoms with van der Waals surface area (Å²) in [6.45, 7) is 1.64. The second kappa shape index (κ2) is 4.84.